The Labute approximate surface area is 225 Å². The Morgan fingerprint density at radius 1 is 0.861 bits per heavy atom. The van der Waals surface area contributed by atoms with Gasteiger partial charge in [0.2, 0.25) is 11.8 Å². The Balaban J connectivity index is 3.50. The molecule has 0 aromatic rings. The lowest BCUT2D eigenvalue weighted by Crippen LogP contribution is -2.48. The maximum absolute atomic E-state index is 11.9. The molecule has 0 spiro atoms. The van der Waals surface area contributed by atoms with Crippen molar-refractivity contribution in [3.8, 4) is 0 Å². The first-order chi connectivity index (χ1) is 17.1. The molecule has 0 rings (SSSR count). The second-order valence-corrected chi connectivity index (χ2v) is 12.6. The molecule has 0 heterocycles. The lowest BCUT2D eigenvalue weighted by molar-refractivity contribution is -0.119. The van der Waals surface area contributed by atoms with E-state index in [2.05, 4.69) is 29.7 Å². The fraction of sp³-hybridized carbons (Fsp3) is 0.815. The molecule has 211 valence electrons. The maximum Gasteiger partial charge on any atom is 0.267 e. The number of nitrogens with one attached hydrogen (secondary N) is 2. The summed E-state index contributed by atoms with van der Waals surface area (Å²) in [5.41, 5.74) is -1.08. The molecule has 0 aliphatic heterocycles. The Morgan fingerprint density at radius 3 is 1.94 bits per heavy atom. The van der Waals surface area contributed by atoms with Gasteiger partial charge in [-0.3, -0.25) is 14.1 Å². The van der Waals surface area contributed by atoms with Gasteiger partial charge in [-0.2, -0.15) is 20.2 Å². The van der Waals surface area contributed by atoms with Crippen LogP contribution < -0.4 is 10.6 Å². The molecule has 9 heteroatoms. The molecule has 0 unspecified atom stereocenters. The van der Waals surface area contributed by atoms with Gasteiger partial charge in [0, 0.05) is 12.3 Å². The van der Waals surface area contributed by atoms with Gasteiger partial charge in [0.05, 0.1) is 23.5 Å². The summed E-state index contributed by atoms with van der Waals surface area (Å²) in [6.07, 6.45) is 23.7. The predicted octanol–water partition coefficient (Wildman–Crippen LogP) is 5.86. The molecule has 0 aromatic heterocycles. The number of thioether (sulfide) groups is 1. The molecule has 0 aliphatic rings. The van der Waals surface area contributed by atoms with Crippen molar-refractivity contribution in [1.29, 1.82) is 0 Å². The highest BCUT2D eigenvalue weighted by molar-refractivity contribution is 8.00. The van der Waals surface area contributed by atoms with Crippen LogP contribution in [0.2, 0.25) is 0 Å². The van der Waals surface area contributed by atoms with Gasteiger partial charge in [-0.05, 0) is 46.0 Å². The first-order valence-electron chi connectivity index (χ1n) is 13.7. The highest BCUT2D eigenvalue weighted by atomic mass is 32.2. The lowest BCUT2D eigenvalue weighted by Gasteiger charge is -2.24. The van der Waals surface area contributed by atoms with Crippen LogP contribution >= 0.6 is 11.8 Å². The molecule has 0 fully saturated rings. The van der Waals surface area contributed by atoms with Gasteiger partial charge in [-0.15, -0.1) is 0 Å². The minimum Gasteiger partial charge on any atom is -0.355 e. The standard InChI is InChI=1S/C27H51N2O5S2/c1-4-5-6-7-8-9-10-11-12-13-14-15-16-17-18-19-21-28-26(31)23-35-22-20-25(30)29-27(2,3)24-36(32,33)34/h11-12,20H,4-10,13-19,21-24H2,1-3H3,(H,28,31)(H,29,30)(H,32,33,34)/b12-11-. The zero-order chi connectivity index (χ0) is 27.1. The third-order valence-corrected chi connectivity index (χ3v) is 7.59. The predicted molar refractivity (Wildman–Crippen MR) is 153 cm³/mol. The van der Waals surface area contributed by atoms with Crippen molar-refractivity contribution < 1.29 is 22.6 Å². The summed E-state index contributed by atoms with van der Waals surface area (Å²) in [6, 6.07) is 0. The Hall–Kier alpha value is -1.06. The minimum absolute atomic E-state index is 0.0479. The molecule has 0 atom stereocenters. The second-order valence-electron chi connectivity index (χ2n) is 10.1. The summed E-state index contributed by atoms with van der Waals surface area (Å²) in [6.45, 7) is 5.96. The van der Waals surface area contributed by atoms with Crippen molar-refractivity contribution in [1.82, 2.24) is 10.6 Å². The minimum atomic E-state index is -4.18. The van der Waals surface area contributed by atoms with Gasteiger partial charge < -0.3 is 10.6 Å². The van der Waals surface area contributed by atoms with Crippen LogP contribution in [0, 0.1) is 6.42 Å². The molecule has 0 bridgehead atoms. The van der Waals surface area contributed by atoms with Crippen molar-refractivity contribution in [3.63, 3.8) is 0 Å². The highest BCUT2D eigenvalue weighted by Gasteiger charge is 2.26. The van der Waals surface area contributed by atoms with Crippen LogP contribution in [0.15, 0.2) is 12.2 Å². The second kappa shape index (κ2) is 22.0. The highest BCUT2D eigenvalue weighted by Crippen LogP contribution is 2.10. The SMILES string of the molecule is CCCCCCCC/C=C\CCCCCCCCNC(=O)CSC[CH]C(=O)NC(C)(C)CS(=O)(=O)O. The number of unbranched alkanes of at least 4 members (excludes halogenated alkanes) is 12. The van der Waals surface area contributed by atoms with Gasteiger partial charge in [0.15, 0.2) is 0 Å². The monoisotopic (exact) mass is 547 g/mol. The molecule has 0 saturated carbocycles. The molecule has 36 heavy (non-hydrogen) atoms. The summed E-state index contributed by atoms with van der Waals surface area (Å²) < 4.78 is 30.9. The molecule has 7 nitrogen and oxygen atoms in total. The number of rotatable bonds is 24. The number of carbonyl (C=O) groups is 2. The van der Waals surface area contributed by atoms with E-state index in [4.69, 9.17) is 4.55 Å². The summed E-state index contributed by atoms with van der Waals surface area (Å²) in [7, 11) is -4.18. The van der Waals surface area contributed by atoms with Crippen LogP contribution in [-0.2, 0) is 19.7 Å². The molecule has 0 saturated heterocycles. The topological polar surface area (TPSA) is 113 Å². The molecule has 1 radical (unpaired) electrons. The van der Waals surface area contributed by atoms with E-state index in [0.29, 0.717) is 12.3 Å². The first-order valence-corrected chi connectivity index (χ1v) is 16.4. The van der Waals surface area contributed by atoms with Crippen LogP contribution in [0.1, 0.15) is 111 Å². The van der Waals surface area contributed by atoms with Crippen LogP contribution in [0.25, 0.3) is 0 Å². The fourth-order valence-corrected chi connectivity index (χ4v) is 5.47. The molecular weight excluding hydrogens is 496 g/mol. The average Bonchev–Trinajstić information content (AvgIpc) is 2.76. The lowest BCUT2D eigenvalue weighted by atomic mass is 10.1. The van der Waals surface area contributed by atoms with E-state index in [-0.39, 0.29) is 11.7 Å². The van der Waals surface area contributed by atoms with Crippen molar-refractivity contribution in [2.24, 2.45) is 0 Å². The first kappa shape index (κ1) is 34.9. The van der Waals surface area contributed by atoms with Gasteiger partial charge in [-0.1, -0.05) is 76.9 Å². The van der Waals surface area contributed by atoms with Crippen LogP contribution in [0.5, 0.6) is 0 Å². The van der Waals surface area contributed by atoms with E-state index in [1.165, 1.54) is 109 Å². The summed E-state index contributed by atoms with van der Waals surface area (Å²) in [5.74, 6) is -0.430. The van der Waals surface area contributed by atoms with E-state index in [1.807, 2.05) is 0 Å². The van der Waals surface area contributed by atoms with Crippen LogP contribution in [-0.4, -0.2) is 54.1 Å². The normalized spacial score (nSPS) is 12.2. The van der Waals surface area contributed by atoms with E-state index in [9.17, 15) is 18.0 Å². The summed E-state index contributed by atoms with van der Waals surface area (Å²) in [4.78, 5) is 23.8. The van der Waals surface area contributed by atoms with Gasteiger partial charge >= 0.3 is 0 Å². The van der Waals surface area contributed by atoms with E-state index in [1.54, 1.807) is 0 Å². The van der Waals surface area contributed by atoms with Gasteiger partial charge in [0.1, 0.15) is 0 Å². The van der Waals surface area contributed by atoms with Gasteiger partial charge in [0.25, 0.3) is 10.1 Å². The Morgan fingerprint density at radius 2 is 1.39 bits per heavy atom. The van der Waals surface area contributed by atoms with E-state index in [0.717, 1.165) is 12.8 Å². The molecular formula is C27H51N2O5S2. The number of carbonyl (C=O) groups excluding carboxylic acids is 2. The molecule has 3 N–H and O–H groups in total. The zero-order valence-electron chi connectivity index (χ0n) is 22.9. The zero-order valence-corrected chi connectivity index (χ0v) is 24.5. The molecule has 2 amide bonds. The smallest absolute Gasteiger partial charge is 0.267 e. The third-order valence-electron chi connectivity index (χ3n) is 5.64. The average molecular weight is 548 g/mol. The maximum atomic E-state index is 11.9. The van der Waals surface area contributed by atoms with Crippen molar-refractivity contribution in [2.45, 2.75) is 116 Å². The third kappa shape index (κ3) is 26.0. The summed E-state index contributed by atoms with van der Waals surface area (Å²) in [5, 5.41) is 5.44. The largest absolute Gasteiger partial charge is 0.355 e. The molecule has 0 aromatic carbocycles. The Kier molecular flexibility index (Phi) is 21.3. The number of allylic oxidation sites excluding steroid dienone is 2. The van der Waals surface area contributed by atoms with Crippen LogP contribution in [0.4, 0.5) is 0 Å². The van der Waals surface area contributed by atoms with Gasteiger partial charge in [-0.25, -0.2) is 0 Å². The summed E-state index contributed by atoms with van der Waals surface area (Å²) >= 11 is 1.32. The number of hydrogen-bond donors (Lipinski definition) is 3. The van der Waals surface area contributed by atoms with Crippen LogP contribution in [0.3, 0.4) is 0 Å². The van der Waals surface area contributed by atoms with Crippen molar-refractivity contribution in [2.75, 3.05) is 23.8 Å². The number of amides is 2. The fourth-order valence-electron chi connectivity index (χ4n) is 3.81. The van der Waals surface area contributed by atoms with E-state index >= 15 is 0 Å². The molecule has 0 aliphatic carbocycles. The van der Waals surface area contributed by atoms with Crippen molar-refractivity contribution >= 4 is 33.7 Å². The quantitative estimate of drug-likeness (QED) is 0.0792. The van der Waals surface area contributed by atoms with E-state index < -0.39 is 27.3 Å². The van der Waals surface area contributed by atoms with Crippen molar-refractivity contribution in [3.05, 3.63) is 18.6 Å². The number of hydrogen-bond acceptors (Lipinski definition) is 5. The Bertz CT molecular complexity index is 709.